The molecular weight excluding hydrogens is 335 g/mol. The third kappa shape index (κ3) is 6.23. The number of methoxy groups -OCH3 is 1. The first-order chi connectivity index (χ1) is 12.4. The van der Waals surface area contributed by atoms with Crippen LogP contribution in [0.4, 0.5) is 4.39 Å². The smallest absolute Gasteiger partial charge is 0.191 e. The minimum Gasteiger partial charge on any atom is -0.379 e. The maximum atomic E-state index is 13.7. The standard InChI is InChI=1S/C19H31FN4O2/c1-19(2,25-4)14-23-18(21-3)22-13-17(24-8-10-26-11-9-24)15-6-5-7-16(20)12-15/h5-7,12,17H,8-11,13-14H2,1-4H3,(H2,21,22,23). The Morgan fingerprint density at radius 3 is 2.69 bits per heavy atom. The molecule has 0 spiro atoms. The summed E-state index contributed by atoms with van der Waals surface area (Å²) in [4.78, 5) is 6.59. The fourth-order valence-electron chi connectivity index (χ4n) is 2.84. The van der Waals surface area contributed by atoms with Crippen molar-refractivity contribution >= 4 is 5.96 Å². The number of nitrogens with one attached hydrogen (secondary N) is 2. The molecule has 1 aromatic rings. The fourth-order valence-corrected chi connectivity index (χ4v) is 2.84. The van der Waals surface area contributed by atoms with Crippen LogP contribution in [0, 0.1) is 5.82 Å². The van der Waals surface area contributed by atoms with E-state index in [4.69, 9.17) is 9.47 Å². The Bertz CT molecular complexity index is 589. The summed E-state index contributed by atoms with van der Waals surface area (Å²) in [5, 5.41) is 6.64. The van der Waals surface area contributed by atoms with Crippen LogP contribution < -0.4 is 10.6 Å². The number of aliphatic imine (C=N–C) groups is 1. The van der Waals surface area contributed by atoms with Crippen molar-refractivity contribution in [2.24, 2.45) is 4.99 Å². The van der Waals surface area contributed by atoms with Gasteiger partial charge in [-0.25, -0.2) is 4.39 Å². The van der Waals surface area contributed by atoms with Gasteiger partial charge in [0.05, 0.1) is 24.9 Å². The molecule has 2 rings (SSSR count). The van der Waals surface area contributed by atoms with Gasteiger partial charge in [0.25, 0.3) is 0 Å². The molecule has 0 bridgehead atoms. The summed E-state index contributed by atoms with van der Waals surface area (Å²) in [7, 11) is 3.43. The molecule has 1 atom stereocenters. The monoisotopic (exact) mass is 366 g/mol. The van der Waals surface area contributed by atoms with Crippen molar-refractivity contribution in [2.75, 3.05) is 53.6 Å². The zero-order valence-corrected chi connectivity index (χ0v) is 16.2. The Kier molecular flexibility index (Phi) is 7.81. The molecular formula is C19H31FN4O2. The van der Waals surface area contributed by atoms with Crippen molar-refractivity contribution in [2.45, 2.75) is 25.5 Å². The largest absolute Gasteiger partial charge is 0.379 e. The molecule has 1 aliphatic heterocycles. The molecule has 0 saturated carbocycles. The molecule has 1 aromatic carbocycles. The number of benzene rings is 1. The van der Waals surface area contributed by atoms with Crippen molar-refractivity contribution in [1.82, 2.24) is 15.5 Å². The minimum absolute atomic E-state index is 0.0450. The topological polar surface area (TPSA) is 58.1 Å². The average molecular weight is 366 g/mol. The molecule has 0 aromatic heterocycles. The van der Waals surface area contributed by atoms with Crippen LogP contribution in [-0.2, 0) is 9.47 Å². The van der Waals surface area contributed by atoms with Crippen molar-refractivity contribution in [3.8, 4) is 0 Å². The Hall–Kier alpha value is -1.70. The van der Waals surface area contributed by atoms with E-state index in [1.165, 1.54) is 6.07 Å². The first-order valence-corrected chi connectivity index (χ1v) is 9.02. The number of hydrogen-bond acceptors (Lipinski definition) is 4. The van der Waals surface area contributed by atoms with E-state index in [9.17, 15) is 4.39 Å². The van der Waals surface area contributed by atoms with Crippen LogP contribution in [0.15, 0.2) is 29.3 Å². The summed E-state index contributed by atoms with van der Waals surface area (Å²) < 4.78 is 24.6. The van der Waals surface area contributed by atoms with E-state index in [1.54, 1.807) is 26.3 Å². The Labute approximate surface area is 155 Å². The van der Waals surface area contributed by atoms with E-state index in [0.717, 1.165) is 18.7 Å². The van der Waals surface area contributed by atoms with Gasteiger partial charge >= 0.3 is 0 Å². The summed E-state index contributed by atoms with van der Waals surface area (Å²) in [6.07, 6.45) is 0. The Morgan fingerprint density at radius 2 is 2.08 bits per heavy atom. The lowest BCUT2D eigenvalue weighted by atomic mass is 10.0. The van der Waals surface area contributed by atoms with Crippen LogP contribution in [0.25, 0.3) is 0 Å². The van der Waals surface area contributed by atoms with Crippen LogP contribution in [-0.4, -0.2) is 70.0 Å². The van der Waals surface area contributed by atoms with Gasteiger partial charge in [-0.05, 0) is 31.5 Å². The molecule has 0 radical (unpaired) electrons. The number of morpholine rings is 1. The normalized spacial score (nSPS) is 17.8. The first-order valence-electron chi connectivity index (χ1n) is 9.02. The number of ether oxygens (including phenoxy) is 2. The predicted octanol–water partition coefficient (Wildman–Crippen LogP) is 1.79. The number of guanidine groups is 1. The molecule has 7 heteroatoms. The molecule has 2 N–H and O–H groups in total. The third-order valence-electron chi connectivity index (χ3n) is 4.64. The van der Waals surface area contributed by atoms with Gasteiger partial charge < -0.3 is 20.1 Å². The second-order valence-electron chi connectivity index (χ2n) is 6.99. The van der Waals surface area contributed by atoms with Gasteiger partial charge in [-0.2, -0.15) is 0 Å². The number of halogens is 1. The van der Waals surface area contributed by atoms with E-state index in [1.807, 2.05) is 19.9 Å². The summed E-state index contributed by atoms with van der Waals surface area (Å²) in [5.41, 5.74) is 0.663. The number of nitrogens with zero attached hydrogens (tertiary/aromatic N) is 2. The quantitative estimate of drug-likeness (QED) is 0.569. The van der Waals surface area contributed by atoms with Crippen molar-refractivity contribution in [3.05, 3.63) is 35.6 Å². The maximum absolute atomic E-state index is 13.7. The van der Waals surface area contributed by atoms with Crippen molar-refractivity contribution in [1.29, 1.82) is 0 Å². The number of rotatable bonds is 7. The fraction of sp³-hybridized carbons (Fsp3) is 0.632. The summed E-state index contributed by atoms with van der Waals surface area (Å²) in [6.45, 7) is 8.31. The molecule has 1 heterocycles. The van der Waals surface area contributed by atoms with E-state index < -0.39 is 0 Å². The average Bonchev–Trinajstić information content (AvgIpc) is 2.65. The first kappa shape index (κ1) is 20.6. The summed E-state index contributed by atoms with van der Waals surface area (Å²) in [6, 6.07) is 6.84. The van der Waals surface area contributed by atoms with Crippen LogP contribution in [0.2, 0.25) is 0 Å². The zero-order valence-electron chi connectivity index (χ0n) is 16.2. The predicted molar refractivity (Wildman–Crippen MR) is 102 cm³/mol. The van der Waals surface area contributed by atoms with Gasteiger partial charge in [-0.3, -0.25) is 9.89 Å². The minimum atomic E-state index is -0.288. The second-order valence-corrected chi connectivity index (χ2v) is 6.99. The zero-order chi connectivity index (χ0) is 19.0. The van der Waals surface area contributed by atoms with Crippen molar-refractivity contribution in [3.63, 3.8) is 0 Å². The number of hydrogen-bond donors (Lipinski definition) is 2. The molecule has 146 valence electrons. The third-order valence-corrected chi connectivity index (χ3v) is 4.64. The molecule has 1 saturated heterocycles. The van der Waals surface area contributed by atoms with Crippen LogP contribution in [0.1, 0.15) is 25.5 Å². The van der Waals surface area contributed by atoms with Gasteiger partial charge in [0, 0.05) is 40.3 Å². The van der Waals surface area contributed by atoms with Gasteiger partial charge in [-0.1, -0.05) is 12.1 Å². The Balaban J connectivity index is 2.03. The van der Waals surface area contributed by atoms with Gasteiger partial charge in [0.1, 0.15) is 5.82 Å². The van der Waals surface area contributed by atoms with Crippen LogP contribution in [0.5, 0.6) is 0 Å². The van der Waals surface area contributed by atoms with Crippen LogP contribution in [0.3, 0.4) is 0 Å². The summed E-state index contributed by atoms with van der Waals surface area (Å²) >= 11 is 0. The molecule has 0 aliphatic carbocycles. The molecule has 26 heavy (non-hydrogen) atoms. The lowest BCUT2D eigenvalue weighted by Gasteiger charge is -2.35. The van der Waals surface area contributed by atoms with Crippen LogP contribution >= 0.6 is 0 Å². The highest BCUT2D eigenvalue weighted by atomic mass is 19.1. The molecule has 1 unspecified atom stereocenters. The van der Waals surface area contributed by atoms with Crippen molar-refractivity contribution < 1.29 is 13.9 Å². The molecule has 0 amide bonds. The lowest BCUT2D eigenvalue weighted by molar-refractivity contribution is 0.0167. The van der Waals surface area contributed by atoms with E-state index in [-0.39, 0.29) is 17.5 Å². The van der Waals surface area contributed by atoms with E-state index in [0.29, 0.717) is 32.3 Å². The highest BCUT2D eigenvalue weighted by Crippen LogP contribution is 2.22. The molecule has 1 fully saturated rings. The van der Waals surface area contributed by atoms with E-state index >= 15 is 0 Å². The van der Waals surface area contributed by atoms with Gasteiger partial charge in [-0.15, -0.1) is 0 Å². The second kappa shape index (κ2) is 9.85. The highest BCUT2D eigenvalue weighted by Gasteiger charge is 2.23. The highest BCUT2D eigenvalue weighted by molar-refractivity contribution is 5.79. The lowest BCUT2D eigenvalue weighted by Crippen LogP contribution is -2.49. The Morgan fingerprint density at radius 1 is 1.35 bits per heavy atom. The molecule has 6 nitrogen and oxygen atoms in total. The van der Waals surface area contributed by atoms with Gasteiger partial charge in [0.2, 0.25) is 0 Å². The SMILES string of the molecule is CN=C(NCC(c1cccc(F)c1)N1CCOCC1)NCC(C)(C)OC. The van der Waals surface area contributed by atoms with E-state index in [2.05, 4.69) is 20.5 Å². The summed E-state index contributed by atoms with van der Waals surface area (Å²) in [5.74, 6) is 0.481. The maximum Gasteiger partial charge on any atom is 0.191 e. The van der Waals surface area contributed by atoms with Gasteiger partial charge in [0.15, 0.2) is 5.96 Å². The molecule has 1 aliphatic rings.